The van der Waals surface area contributed by atoms with Gasteiger partial charge in [-0.1, -0.05) is 55.6 Å². The molecule has 0 heterocycles. The topological polar surface area (TPSA) is 46.2 Å². The molecule has 26 heavy (non-hydrogen) atoms. The number of Topliss-reactive ketones (excluding diaryl/α,β-unsaturated/α-hetero) is 1. The second-order valence-corrected chi connectivity index (χ2v) is 6.70. The Morgan fingerprint density at radius 3 is 2.46 bits per heavy atom. The summed E-state index contributed by atoms with van der Waals surface area (Å²) in [7, 11) is 0. The monoisotopic (exact) mass is 369 g/mol. The second-order valence-electron chi connectivity index (χ2n) is 6.27. The van der Waals surface area contributed by atoms with Gasteiger partial charge in [0.25, 0.3) is 0 Å². The van der Waals surface area contributed by atoms with Gasteiger partial charge in [0, 0.05) is 16.7 Å². The summed E-state index contributed by atoms with van der Waals surface area (Å²) in [5.41, 5.74) is 3.13. The number of hydrogen-bond donors (Lipinski definition) is 1. The number of rotatable bonds is 8. The van der Waals surface area contributed by atoms with Crippen LogP contribution in [0.15, 0.2) is 48.5 Å². The van der Waals surface area contributed by atoms with Crippen molar-refractivity contribution in [2.45, 2.75) is 39.5 Å². The van der Waals surface area contributed by atoms with Gasteiger partial charge in [0.05, 0.1) is 5.69 Å². The minimum absolute atomic E-state index is 0.125. The summed E-state index contributed by atoms with van der Waals surface area (Å²) in [5, 5.41) is 3.18. The van der Waals surface area contributed by atoms with Crippen LogP contribution in [0.1, 0.15) is 54.6 Å². The third kappa shape index (κ3) is 6.16. The predicted molar refractivity (Wildman–Crippen MR) is 109 cm³/mol. The van der Waals surface area contributed by atoms with Gasteiger partial charge in [-0.25, -0.2) is 0 Å². The molecule has 0 fully saturated rings. The third-order valence-electron chi connectivity index (χ3n) is 4.09. The molecule has 0 saturated carbocycles. The fourth-order valence-corrected chi connectivity index (χ4v) is 2.82. The molecule has 0 radical (unpaired) electrons. The average Bonchev–Trinajstić information content (AvgIpc) is 2.61. The van der Waals surface area contributed by atoms with E-state index in [1.165, 1.54) is 37.8 Å². The van der Waals surface area contributed by atoms with Gasteiger partial charge in [0.1, 0.15) is 0 Å². The second kappa shape index (κ2) is 9.93. The standard InChI is InChI=1S/C22H24ClNO2/c1-3-4-5-6-17-7-9-18(10-8-17)11-14-22(26)24-21-15-19(23)12-13-20(21)16(2)25/h7-15H,3-6H2,1-2H3,(H,24,26)/b14-11+. The lowest BCUT2D eigenvalue weighted by molar-refractivity contribution is -0.111. The van der Waals surface area contributed by atoms with Crippen molar-refractivity contribution in [1.29, 1.82) is 0 Å². The highest BCUT2D eigenvalue weighted by Crippen LogP contribution is 2.21. The molecule has 0 spiro atoms. The molecule has 0 unspecified atom stereocenters. The highest BCUT2D eigenvalue weighted by atomic mass is 35.5. The first kappa shape index (κ1) is 19.9. The maximum Gasteiger partial charge on any atom is 0.248 e. The van der Waals surface area contributed by atoms with E-state index < -0.39 is 0 Å². The first-order valence-corrected chi connectivity index (χ1v) is 9.26. The molecule has 0 aliphatic carbocycles. The zero-order chi connectivity index (χ0) is 18.9. The zero-order valence-electron chi connectivity index (χ0n) is 15.2. The maximum absolute atomic E-state index is 12.2. The molecule has 136 valence electrons. The lowest BCUT2D eigenvalue weighted by atomic mass is 10.1. The summed E-state index contributed by atoms with van der Waals surface area (Å²) in [6.07, 6.45) is 7.95. The largest absolute Gasteiger partial charge is 0.322 e. The van der Waals surface area contributed by atoms with Crippen LogP contribution < -0.4 is 5.32 Å². The molecule has 1 N–H and O–H groups in total. The number of nitrogens with one attached hydrogen (secondary N) is 1. The molecule has 0 aliphatic heterocycles. The molecule has 0 bridgehead atoms. The maximum atomic E-state index is 12.2. The SMILES string of the molecule is CCCCCc1ccc(/C=C/C(=O)Nc2cc(Cl)ccc2C(C)=O)cc1. The van der Waals surface area contributed by atoms with Crippen LogP contribution in [0.5, 0.6) is 0 Å². The summed E-state index contributed by atoms with van der Waals surface area (Å²) in [6, 6.07) is 13.0. The molecular weight excluding hydrogens is 346 g/mol. The summed E-state index contributed by atoms with van der Waals surface area (Å²) < 4.78 is 0. The normalized spacial score (nSPS) is 10.9. The van der Waals surface area contributed by atoms with Gasteiger partial charge < -0.3 is 5.32 Å². The molecule has 2 rings (SSSR count). The summed E-state index contributed by atoms with van der Waals surface area (Å²) in [4.78, 5) is 23.8. The number of carbonyl (C=O) groups is 2. The molecule has 1 amide bonds. The van der Waals surface area contributed by atoms with Gasteiger partial charge in [-0.15, -0.1) is 0 Å². The first-order chi connectivity index (χ1) is 12.5. The van der Waals surface area contributed by atoms with E-state index in [2.05, 4.69) is 24.4 Å². The third-order valence-corrected chi connectivity index (χ3v) is 4.33. The minimum atomic E-state index is -0.304. The number of carbonyl (C=O) groups excluding carboxylic acids is 2. The highest BCUT2D eigenvalue weighted by Gasteiger charge is 2.09. The molecule has 4 heteroatoms. The fourth-order valence-electron chi connectivity index (χ4n) is 2.65. The van der Waals surface area contributed by atoms with E-state index in [1.807, 2.05) is 12.1 Å². The number of halogens is 1. The minimum Gasteiger partial charge on any atom is -0.322 e. The van der Waals surface area contributed by atoms with Crippen molar-refractivity contribution in [3.8, 4) is 0 Å². The number of amides is 1. The summed E-state index contributed by atoms with van der Waals surface area (Å²) in [5.74, 6) is -0.429. The fraction of sp³-hybridized carbons (Fsp3) is 0.273. The van der Waals surface area contributed by atoms with Crippen molar-refractivity contribution in [2.75, 3.05) is 5.32 Å². The van der Waals surface area contributed by atoms with E-state index in [9.17, 15) is 9.59 Å². The van der Waals surface area contributed by atoms with E-state index in [-0.39, 0.29) is 11.7 Å². The van der Waals surface area contributed by atoms with Crippen LogP contribution in [0.4, 0.5) is 5.69 Å². The number of unbranched alkanes of at least 4 members (excludes halogenated alkanes) is 2. The molecule has 3 nitrogen and oxygen atoms in total. The summed E-state index contributed by atoms with van der Waals surface area (Å²) >= 11 is 5.96. The number of benzene rings is 2. The number of aryl methyl sites for hydroxylation is 1. The number of ketones is 1. The molecule has 2 aromatic rings. The quantitative estimate of drug-likeness (QED) is 0.356. The van der Waals surface area contributed by atoms with Crippen LogP contribution in [0.25, 0.3) is 6.08 Å². The van der Waals surface area contributed by atoms with Crippen LogP contribution in [0.2, 0.25) is 5.02 Å². The molecule has 0 atom stereocenters. The van der Waals surface area contributed by atoms with Crippen molar-refractivity contribution in [2.24, 2.45) is 0 Å². The van der Waals surface area contributed by atoms with Crippen molar-refractivity contribution in [3.05, 3.63) is 70.3 Å². The van der Waals surface area contributed by atoms with Crippen LogP contribution in [-0.4, -0.2) is 11.7 Å². The molecule has 2 aromatic carbocycles. The van der Waals surface area contributed by atoms with Crippen LogP contribution in [-0.2, 0) is 11.2 Å². The Bertz CT molecular complexity index is 794. The Morgan fingerprint density at radius 2 is 1.81 bits per heavy atom. The molecule has 0 aromatic heterocycles. The van der Waals surface area contributed by atoms with Crippen LogP contribution >= 0.6 is 11.6 Å². The highest BCUT2D eigenvalue weighted by molar-refractivity contribution is 6.31. The Morgan fingerprint density at radius 1 is 1.08 bits per heavy atom. The van der Waals surface area contributed by atoms with Crippen molar-refractivity contribution >= 4 is 35.1 Å². The van der Waals surface area contributed by atoms with Gasteiger partial charge in [-0.05, 0) is 55.2 Å². The Labute approximate surface area is 160 Å². The van der Waals surface area contributed by atoms with Crippen LogP contribution in [0, 0.1) is 0 Å². The van der Waals surface area contributed by atoms with Gasteiger partial charge >= 0.3 is 0 Å². The lowest BCUT2D eigenvalue weighted by Crippen LogP contribution is -2.11. The smallest absolute Gasteiger partial charge is 0.248 e. The average molecular weight is 370 g/mol. The van der Waals surface area contributed by atoms with Gasteiger partial charge in [0.2, 0.25) is 5.91 Å². The van der Waals surface area contributed by atoms with Crippen molar-refractivity contribution in [3.63, 3.8) is 0 Å². The first-order valence-electron chi connectivity index (χ1n) is 8.88. The van der Waals surface area contributed by atoms with E-state index in [0.29, 0.717) is 16.3 Å². The Hall–Kier alpha value is -2.39. The lowest BCUT2D eigenvalue weighted by Gasteiger charge is -2.08. The Balaban J connectivity index is 1.99. The van der Waals surface area contributed by atoms with Crippen molar-refractivity contribution in [1.82, 2.24) is 0 Å². The van der Waals surface area contributed by atoms with E-state index in [4.69, 9.17) is 11.6 Å². The molecule has 0 aliphatic rings. The summed E-state index contributed by atoms with van der Waals surface area (Å²) in [6.45, 7) is 3.65. The van der Waals surface area contributed by atoms with Crippen molar-refractivity contribution < 1.29 is 9.59 Å². The van der Waals surface area contributed by atoms with E-state index in [1.54, 1.807) is 24.3 Å². The van der Waals surface area contributed by atoms with E-state index >= 15 is 0 Å². The van der Waals surface area contributed by atoms with Crippen LogP contribution in [0.3, 0.4) is 0 Å². The van der Waals surface area contributed by atoms with Gasteiger partial charge in [0.15, 0.2) is 5.78 Å². The zero-order valence-corrected chi connectivity index (χ0v) is 16.0. The molecular formula is C22H24ClNO2. The van der Waals surface area contributed by atoms with E-state index in [0.717, 1.165) is 12.0 Å². The van der Waals surface area contributed by atoms with Gasteiger partial charge in [-0.2, -0.15) is 0 Å². The number of anilines is 1. The number of hydrogen-bond acceptors (Lipinski definition) is 2. The predicted octanol–water partition coefficient (Wildman–Crippen LogP) is 5.93. The molecule has 0 saturated heterocycles. The Kier molecular flexibility index (Phi) is 7.61. The van der Waals surface area contributed by atoms with Gasteiger partial charge in [-0.3, -0.25) is 9.59 Å².